The molecular formula is C17H22N6OS. The van der Waals surface area contributed by atoms with Gasteiger partial charge in [0, 0.05) is 26.3 Å². The van der Waals surface area contributed by atoms with E-state index in [1.807, 2.05) is 35.9 Å². The predicted molar refractivity (Wildman–Crippen MR) is 99.9 cm³/mol. The van der Waals surface area contributed by atoms with Crippen molar-refractivity contribution < 1.29 is 4.73 Å². The summed E-state index contributed by atoms with van der Waals surface area (Å²) < 4.78 is 2.93. The monoisotopic (exact) mass is 358 g/mol. The SMILES string of the molecule is CN=C(NC#N)NCCSCc1c(C)n(Cc2ccccc2)c[n+]1[O-]. The number of imidazole rings is 1. The van der Waals surface area contributed by atoms with E-state index in [2.05, 4.69) is 27.8 Å². The number of nitrogens with zero attached hydrogens (tertiary/aromatic N) is 4. The first-order valence-electron chi connectivity index (χ1n) is 7.91. The maximum absolute atomic E-state index is 12.2. The lowest BCUT2D eigenvalue weighted by Gasteiger charge is -2.07. The number of thioether (sulfide) groups is 1. The summed E-state index contributed by atoms with van der Waals surface area (Å²) in [4.78, 5) is 3.91. The first-order valence-corrected chi connectivity index (χ1v) is 9.06. The lowest BCUT2D eigenvalue weighted by molar-refractivity contribution is -0.612. The van der Waals surface area contributed by atoms with Crippen LogP contribution in [0.1, 0.15) is 17.0 Å². The third-order valence-electron chi connectivity index (χ3n) is 3.73. The standard InChI is InChI=1S/C17H22N6OS/c1-14-16(11-25-9-8-20-17(19-2)21-12-18)23(24)13-22(14)10-15-6-4-3-5-7-15/h3-7,13H,8-11H2,1-2H3,(H2,19,20,21). The second-order valence-electron chi connectivity index (χ2n) is 5.38. The zero-order valence-corrected chi connectivity index (χ0v) is 15.2. The fourth-order valence-corrected chi connectivity index (χ4v) is 3.28. The molecule has 0 aliphatic rings. The molecule has 0 saturated heterocycles. The molecule has 132 valence electrons. The van der Waals surface area contributed by atoms with Crippen molar-refractivity contribution in [2.75, 3.05) is 19.3 Å². The van der Waals surface area contributed by atoms with Gasteiger partial charge in [-0.25, -0.2) is 9.30 Å². The molecule has 0 fully saturated rings. The second-order valence-corrected chi connectivity index (χ2v) is 6.48. The van der Waals surface area contributed by atoms with Crippen LogP contribution in [-0.2, 0) is 12.3 Å². The Morgan fingerprint density at radius 1 is 1.40 bits per heavy atom. The van der Waals surface area contributed by atoms with Crippen molar-refractivity contribution >= 4 is 17.7 Å². The van der Waals surface area contributed by atoms with E-state index in [0.29, 0.717) is 24.8 Å². The second kappa shape index (κ2) is 9.59. The third-order valence-corrected chi connectivity index (χ3v) is 4.70. The Morgan fingerprint density at radius 2 is 2.16 bits per heavy atom. The van der Waals surface area contributed by atoms with Crippen molar-refractivity contribution in [3.8, 4) is 6.19 Å². The summed E-state index contributed by atoms with van der Waals surface area (Å²) >= 11 is 1.66. The van der Waals surface area contributed by atoms with Crippen LogP contribution in [0.5, 0.6) is 0 Å². The number of nitriles is 1. The fraction of sp³-hybridized carbons (Fsp3) is 0.353. The molecule has 7 nitrogen and oxygen atoms in total. The van der Waals surface area contributed by atoms with Gasteiger partial charge in [0.25, 0.3) is 0 Å². The summed E-state index contributed by atoms with van der Waals surface area (Å²) in [6, 6.07) is 10.1. The smallest absolute Gasteiger partial charge is 0.247 e. The van der Waals surface area contributed by atoms with Crippen LogP contribution >= 0.6 is 11.8 Å². The van der Waals surface area contributed by atoms with Gasteiger partial charge in [-0.05, 0) is 5.56 Å². The van der Waals surface area contributed by atoms with E-state index in [0.717, 1.165) is 21.9 Å². The summed E-state index contributed by atoms with van der Waals surface area (Å²) in [5.41, 5.74) is 2.93. The van der Waals surface area contributed by atoms with E-state index in [9.17, 15) is 5.21 Å². The van der Waals surface area contributed by atoms with Crippen LogP contribution in [0, 0.1) is 23.6 Å². The summed E-state index contributed by atoms with van der Waals surface area (Å²) in [5.74, 6) is 1.89. The Kier molecular flexibility index (Phi) is 7.16. The van der Waals surface area contributed by atoms with Crippen LogP contribution < -0.4 is 15.4 Å². The summed E-state index contributed by atoms with van der Waals surface area (Å²) in [7, 11) is 1.61. The summed E-state index contributed by atoms with van der Waals surface area (Å²) in [6.45, 7) is 3.33. The minimum atomic E-state index is 0.451. The van der Waals surface area contributed by atoms with E-state index in [1.54, 1.807) is 25.1 Å². The van der Waals surface area contributed by atoms with E-state index in [4.69, 9.17) is 5.26 Å². The Bertz CT molecular complexity index is 750. The number of benzene rings is 1. The molecular weight excluding hydrogens is 336 g/mol. The minimum Gasteiger partial charge on any atom is -0.711 e. The number of rotatable bonds is 7. The van der Waals surface area contributed by atoms with E-state index in [-0.39, 0.29) is 0 Å². The lowest BCUT2D eigenvalue weighted by Crippen LogP contribution is -2.35. The molecule has 2 N–H and O–H groups in total. The number of nitrogens with one attached hydrogen (secondary N) is 2. The number of hydrogen-bond donors (Lipinski definition) is 2. The van der Waals surface area contributed by atoms with Crippen molar-refractivity contribution in [3.63, 3.8) is 0 Å². The van der Waals surface area contributed by atoms with Gasteiger partial charge in [-0.2, -0.15) is 17.0 Å². The number of aromatic nitrogens is 2. The van der Waals surface area contributed by atoms with E-state index in [1.165, 1.54) is 5.56 Å². The zero-order valence-electron chi connectivity index (χ0n) is 14.4. The van der Waals surface area contributed by atoms with Gasteiger partial charge in [-0.3, -0.25) is 10.3 Å². The molecule has 2 aromatic rings. The molecule has 0 amide bonds. The van der Waals surface area contributed by atoms with Crippen LogP contribution in [0.3, 0.4) is 0 Å². The van der Waals surface area contributed by atoms with Crippen LogP contribution in [-0.4, -0.2) is 29.9 Å². The predicted octanol–water partition coefficient (Wildman–Crippen LogP) is 1.36. The van der Waals surface area contributed by atoms with Crippen LogP contribution in [0.2, 0.25) is 0 Å². The van der Waals surface area contributed by atoms with E-state index >= 15 is 0 Å². The highest BCUT2D eigenvalue weighted by atomic mass is 32.2. The molecule has 0 aliphatic heterocycles. The topological polar surface area (TPSA) is 92.1 Å². The normalized spacial score (nSPS) is 11.2. The lowest BCUT2D eigenvalue weighted by atomic mass is 10.2. The first kappa shape index (κ1) is 18.7. The van der Waals surface area contributed by atoms with Crippen molar-refractivity contribution in [3.05, 3.63) is 58.8 Å². The molecule has 0 unspecified atom stereocenters. The van der Waals surface area contributed by atoms with Crippen LogP contribution in [0.4, 0.5) is 0 Å². The molecule has 0 atom stereocenters. The van der Waals surface area contributed by atoms with Gasteiger partial charge >= 0.3 is 0 Å². The molecule has 0 radical (unpaired) electrons. The highest BCUT2D eigenvalue weighted by molar-refractivity contribution is 7.98. The molecule has 1 aromatic carbocycles. The highest BCUT2D eigenvalue weighted by Gasteiger charge is 2.16. The average Bonchev–Trinajstić information content (AvgIpc) is 2.88. The summed E-state index contributed by atoms with van der Waals surface area (Å²) in [5, 5.41) is 26.2. The maximum atomic E-state index is 12.2. The number of aliphatic imine (C=N–C) groups is 1. The van der Waals surface area contributed by atoms with Crippen molar-refractivity contribution in [2.24, 2.45) is 4.99 Å². The molecule has 1 heterocycles. The molecule has 8 heteroatoms. The van der Waals surface area contributed by atoms with Crippen molar-refractivity contribution in [1.29, 1.82) is 5.26 Å². The van der Waals surface area contributed by atoms with Crippen LogP contribution in [0.25, 0.3) is 0 Å². The highest BCUT2D eigenvalue weighted by Crippen LogP contribution is 2.14. The fourth-order valence-electron chi connectivity index (χ4n) is 2.36. The first-order chi connectivity index (χ1) is 12.2. The van der Waals surface area contributed by atoms with Gasteiger partial charge in [0.1, 0.15) is 12.2 Å². The van der Waals surface area contributed by atoms with Gasteiger partial charge in [-0.15, -0.1) is 0 Å². The quantitative estimate of drug-likeness (QED) is 0.148. The number of guanidine groups is 1. The number of hydrogen-bond acceptors (Lipinski definition) is 4. The van der Waals surface area contributed by atoms with Gasteiger partial charge in [-0.1, -0.05) is 30.3 Å². The van der Waals surface area contributed by atoms with Gasteiger partial charge in [0.15, 0.2) is 11.9 Å². The Morgan fingerprint density at radius 3 is 2.84 bits per heavy atom. The zero-order chi connectivity index (χ0) is 18.1. The van der Waals surface area contributed by atoms with Gasteiger partial charge < -0.3 is 10.5 Å². The molecule has 0 saturated carbocycles. The molecule has 0 aliphatic carbocycles. The summed E-state index contributed by atoms with van der Waals surface area (Å²) in [6.07, 6.45) is 3.43. The molecule has 1 aromatic heterocycles. The Labute approximate surface area is 152 Å². The van der Waals surface area contributed by atoms with Crippen molar-refractivity contribution in [1.82, 2.24) is 15.2 Å². The Balaban J connectivity index is 1.85. The van der Waals surface area contributed by atoms with Gasteiger partial charge in [0.2, 0.25) is 12.3 Å². The molecule has 25 heavy (non-hydrogen) atoms. The van der Waals surface area contributed by atoms with Crippen LogP contribution in [0.15, 0.2) is 41.7 Å². The van der Waals surface area contributed by atoms with Crippen molar-refractivity contribution in [2.45, 2.75) is 19.2 Å². The largest absolute Gasteiger partial charge is 0.711 e. The molecule has 0 spiro atoms. The average molecular weight is 358 g/mol. The van der Waals surface area contributed by atoms with E-state index < -0.39 is 0 Å². The third kappa shape index (κ3) is 5.43. The molecule has 2 rings (SSSR count). The Hall–Kier alpha value is -2.66. The molecule has 0 bridgehead atoms. The maximum Gasteiger partial charge on any atom is 0.247 e. The van der Waals surface area contributed by atoms with Gasteiger partial charge in [0.05, 0.1) is 5.75 Å². The minimum absolute atomic E-state index is 0.451.